The van der Waals surface area contributed by atoms with Gasteiger partial charge >= 0.3 is 11.9 Å². The minimum Gasteiger partial charge on any atom is -0.481 e. The van der Waals surface area contributed by atoms with Crippen molar-refractivity contribution in [2.75, 3.05) is 17.2 Å². The highest BCUT2D eigenvalue weighted by Crippen LogP contribution is 2.24. The van der Waals surface area contributed by atoms with Gasteiger partial charge in [-0.3, -0.25) is 14.4 Å². The van der Waals surface area contributed by atoms with E-state index >= 15 is 0 Å². The largest absolute Gasteiger partial charge is 0.481 e. The van der Waals surface area contributed by atoms with E-state index < -0.39 is 30.3 Å². The fraction of sp³-hybridized carbons (Fsp3) is 0.292. The van der Waals surface area contributed by atoms with Gasteiger partial charge < -0.3 is 31.1 Å². The summed E-state index contributed by atoms with van der Waals surface area (Å²) < 4.78 is 0. The van der Waals surface area contributed by atoms with Gasteiger partial charge in [0.2, 0.25) is 0 Å². The zero-order valence-corrected chi connectivity index (χ0v) is 19.4. The molecule has 35 heavy (non-hydrogen) atoms. The van der Waals surface area contributed by atoms with Gasteiger partial charge in [0.1, 0.15) is 11.9 Å². The van der Waals surface area contributed by atoms with Gasteiger partial charge in [-0.05, 0) is 56.2 Å². The third-order valence-electron chi connectivity index (χ3n) is 5.54. The maximum Gasteiger partial charge on any atom is 0.326 e. The summed E-state index contributed by atoms with van der Waals surface area (Å²) in [5.41, 5.74) is 8.37. The molecule has 0 aliphatic carbocycles. The Bertz CT molecular complexity index is 1340. The third kappa shape index (κ3) is 6.14. The SMILES string of the molecule is CCN(Cc1ccc2nc(C)[nH]c(=O)c2c1)c1ccc(C(=O)N[C@@H](CCC(=O)O)C(=O)O)c(N)c1. The molecule has 0 saturated carbocycles. The van der Waals surface area contributed by atoms with E-state index in [1.165, 1.54) is 6.07 Å². The Morgan fingerprint density at radius 2 is 1.91 bits per heavy atom. The second-order valence-corrected chi connectivity index (χ2v) is 8.09. The van der Waals surface area contributed by atoms with Crippen LogP contribution in [-0.2, 0) is 16.1 Å². The van der Waals surface area contributed by atoms with Gasteiger partial charge in [0.05, 0.1) is 16.5 Å². The van der Waals surface area contributed by atoms with E-state index in [1.54, 1.807) is 31.2 Å². The predicted octanol–water partition coefficient (Wildman–Crippen LogP) is 1.89. The Labute approximate surface area is 200 Å². The van der Waals surface area contributed by atoms with Crippen LogP contribution in [-0.4, -0.2) is 50.6 Å². The maximum absolute atomic E-state index is 12.6. The number of H-pyrrole nitrogens is 1. The zero-order valence-electron chi connectivity index (χ0n) is 19.4. The lowest BCUT2D eigenvalue weighted by molar-refractivity contribution is -0.140. The van der Waals surface area contributed by atoms with Gasteiger partial charge in [-0.25, -0.2) is 9.78 Å². The molecule has 2 aromatic carbocycles. The number of carboxylic acids is 2. The number of nitrogens with zero attached hydrogens (tertiary/aromatic N) is 2. The van der Waals surface area contributed by atoms with Crippen molar-refractivity contribution in [2.45, 2.75) is 39.3 Å². The Kier molecular flexibility index (Phi) is 7.69. The number of carbonyl (C=O) groups excluding carboxylic acids is 1. The van der Waals surface area contributed by atoms with Crippen molar-refractivity contribution >= 4 is 40.1 Å². The van der Waals surface area contributed by atoms with Crippen LogP contribution in [0.1, 0.15) is 41.5 Å². The average molecular weight is 482 g/mol. The molecular weight excluding hydrogens is 454 g/mol. The fourth-order valence-corrected chi connectivity index (χ4v) is 3.72. The molecule has 184 valence electrons. The molecule has 0 aliphatic rings. The third-order valence-corrected chi connectivity index (χ3v) is 5.54. The Hall–Kier alpha value is -4.41. The fourth-order valence-electron chi connectivity index (χ4n) is 3.72. The Morgan fingerprint density at radius 3 is 2.54 bits per heavy atom. The lowest BCUT2D eigenvalue weighted by Crippen LogP contribution is -2.41. The molecule has 3 rings (SSSR count). The number of aromatic nitrogens is 2. The number of hydrogen-bond donors (Lipinski definition) is 5. The van der Waals surface area contributed by atoms with Gasteiger partial charge in [-0.15, -0.1) is 0 Å². The average Bonchev–Trinajstić information content (AvgIpc) is 2.79. The minimum atomic E-state index is -1.35. The molecular formula is C24H27N5O6. The van der Waals surface area contributed by atoms with Crippen LogP contribution < -0.4 is 21.5 Å². The molecule has 6 N–H and O–H groups in total. The Balaban J connectivity index is 1.78. The number of nitrogens with one attached hydrogen (secondary N) is 2. The van der Waals surface area contributed by atoms with E-state index in [-0.39, 0.29) is 23.2 Å². The Morgan fingerprint density at radius 1 is 1.17 bits per heavy atom. The highest BCUT2D eigenvalue weighted by atomic mass is 16.4. The number of nitrogen functional groups attached to an aromatic ring is 1. The lowest BCUT2D eigenvalue weighted by atomic mass is 10.1. The second kappa shape index (κ2) is 10.7. The molecule has 0 unspecified atom stereocenters. The normalized spacial score (nSPS) is 11.7. The van der Waals surface area contributed by atoms with Crippen LogP contribution >= 0.6 is 0 Å². The first kappa shape index (κ1) is 25.2. The zero-order chi connectivity index (χ0) is 25.7. The summed E-state index contributed by atoms with van der Waals surface area (Å²) >= 11 is 0. The van der Waals surface area contributed by atoms with Crippen molar-refractivity contribution in [2.24, 2.45) is 0 Å². The molecule has 1 amide bonds. The summed E-state index contributed by atoms with van der Waals surface area (Å²) in [7, 11) is 0. The van der Waals surface area contributed by atoms with E-state index in [9.17, 15) is 24.3 Å². The summed E-state index contributed by atoms with van der Waals surface area (Å²) in [4.78, 5) is 56.0. The molecule has 1 aromatic heterocycles. The van der Waals surface area contributed by atoms with Gasteiger partial charge in [0.25, 0.3) is 11.5 Å². The van der Waals surface area contributed by atoms with Crippen LogP contribution in [0.2, 0.25) is 0 Å². The van der Waals surface area contributed by atoms with Gasteiger partial charge in [-0.2, -0.15) is 0 Å². The molecule has 11 heteroatoms. The van der Waals surface area contributed by atoms with Crippen molar-refractivity contribution < 1.29 is 24.6 Å². The summed E-state index contributed by atoms with van der Waals surface area (Å²) in [6.45, 7) is 4.76. The topological polar surface area (TPSA) is 179 Å². The number of anilines is 2. The van der Waals surface area contributed by atoms with Gasteiger partial charge in [-0.1, -0.05) is 6.07 Å². The summed E-state index contributed by atoms with van der Waals surface area (Å²) in [6.07, 6.45) is -0.644. The first-order chi connectivity index (χ1) is 16.6. The molecule has 11 nitrogen and oxygen atoms in total. The summed E-state index contributed by atoms with van der Waals surface area (Å²) in [6, 6.07) is 8.94. The monoisotopic (exact) mass is 481 g/mol. The highest BCUT2D eigenvalue weighted by Gasteiger charge is 2.23. The van der Waals surface area contributed by atoms with Crippen LogP contribution in [0.5, 0.6) is 0 Å². The second-order valence-electron chi connectivity index (χ2n) is 8.09. The van der Waals surface area contributed by atoms with E-state index in [0.29, 0.717) is 29.8 Å². The molecule has 0 spiro atoms. The number of benzene rings is 2. The minimum absolute atomic E-state index is 0.0880. The standard InChI is InChI=1S/C24H27N5O6/c1-3-29(12-14-4-7-19-17(10-14)23(33)27-13(2)26-19)15-5-6-16(18(25)11-15)22(32)28-20(24(34)35)8-9-21(30)31/h4-7,10-11,20H,3,8-9,12,25H2,1-2H3,(H,28,32)(H,30,31)(H,34,35)(H,26,27,33)/t20-/m0/s1. The quantitative estimate of drug-likeness (QED) is 0.270. The smallest absolute Gasteiger partial charge is 0.326 e. The molecule has 0 saturated heterocycles. The molecule has 3 aromatic rings. The number of carboxylic acid groups (broad SMARTS) is 2. The van der Waals surface area contributed by atoms with Crippen molar-refractivity contribution in [3.8, 4) is 0 Å². The van der Waals surface area contributed by atoms with Crippen LogP contribution in [0.3, 0.4) is 0 Å². The first-order valence-corrected chi connectivity index (χ1v) is 11.0. The predicted molar refractivity (Wildman–Crippen MR) is 130 cm³/mol. The number of nitrogens with two attached hydrogens (primary N) is 1. The van der Waals surface area contributed by atoms with Crippen molar-refractivity contribution in [1.82, 2.24) is 15.3 Å². The number of fused-ring (bicyclic) bond motifs is 1. The lowest BCUT2D eigenvalue weighted by Gasteiger charge is -2.24. The van der Waals surface area contributed by atoms with E-state index in [1.807, 2.05) is 17.9 Å². The number of aryl methyl sites for hydroxylation is 1. The number of carbonyl (C=O) groups is 3. The first-order valence-electron chi connectivity index (χ1n) is 11.0. The molecule has 0 fully saturated rings. The van der Waals surface area contributed by atoms with Crippen LogP contribution in [0.15, 0.2) is 41.2 Å². The van der Waals surface area contributed by atoms with Crippen molar-refractivity contribution in [3.05, 3.63) is 63.7 Å². The van der Waals surface area contributed by atoms with E-state index in [2.05, 4.69) is 15.3 Å². The molecule has 0 bridgehead atoms. The molecule has 0 aliphatic heterocycles. The molecule has 1 heterocycles. The van der Waals surface area contributed by atoms with E-state index in [4.69, 9.17) is 10.8 Å². The summed E-state index contributed by atoms with van der Waals surface area (Å²) in [5, 5.41) is 20.9. The number of rotatable bonds is 10. The maximum atomic E-state index is 12.6. The highest BCUT2D eigenvalue weighted by molar-refractivity contribution is 6.01. The summed E-state index contributed by atoms with van der Waals surface area (Å²) in [5.74, 6) is -2.64. The van der Waals surface area contributed by atoms with E-state index in [0.717, 1.165) is 11.3 Å². The van der Waals surface area contributed by atoms with Crippen molar-refractivity contribution in [3.63, 3.8) is 0 Å². The molecule has 1 atom stereocenters. The van der Waals surface area contributed by atoms with Gasteiger partial charge in [0, 0.05) is 30.9 Å². The van der Waals surface area contributed by atoms with Gasteiger partial charge in [0.15, 0.2) is 0 Å². The number of aromatic amines is 1. The number of amides is 1. The molecule has 0 radical (unpaired) electrons. The number of hydrogen-bond acceptors (Lipinski definition) is 7. The van der Waals surface area contributed by atoms with Crippen LogP contribution in [0, 0.1) is 6.92 Å². The van der Waals surface area contributed by atoms with Crippen LogP contribution in [0.4, 0.5) is 11.4 Å². The van der Waals surface area contributed by atoms with Crippen molar-refractivity contribution in [1.29, 1.82) is 0 Å². The van der Waals surface area contributed by atoms with Crippen LogP contribution in [0.25, 0.3) is 10.9 Å². The number of aliphatic carboxylic acids is 2.